The number of hydrogen-bond donors (Lipinski definition) is 2. The van der Waals surface area contributed by atoms with E-state index < -0.39 is 0 Å². The number of aliphatic hydroxyl groups is 1. The minimum atomic E-state index is -0.385. The van der Waals surface area contributed by atoms with Gasteiger partial charge in [0.25, 0.3) is 0 Å². The Kier molecular flexibility index (Phi) is 12.6. The van der Waals surface area contributed by atoms with Gasteiger partial charge in [0, 0.05) is 45.5 Å². The molecule has 8 heteroatoms. The highest BCUT2D eigenvalue weighted by Crippen LogP contribution is 2.15. The summed E-state index contributed by atoms with van der Waals surface area (Å²) in [5, 5.41) is 12.5. The summed E-state index contributed by atoms with van der Waals surface area (Å²) in [5.74, 6) is 0.481. The molecule has 0 bridgehead atoms. The molecule has 2 rings (SSSR count). The van der Waals surface area contributed by atoms with Gasteiger partial charge in [-0.25, -0.2) is 9.38 Å². The maximum atomic E-state index is 13.5. The molecule has 0 amide bonds. The Morgan fingerprint density at radius 2 is 2.07 bits per heavy atom. The Morgan fingerprint density at radius 3 is 2.71 bits per heavy atom. The minimum absolute atomic E-state index is 0. The second-order valence-electron chi connectivity index (χ2n) is 6.66. The quantitative estimate of drug-likeness (QED) is 0.232. The van der Waals surface area contributed by atoms with Gasteiger partial charge in [0.15, 0.2) is 5.96 Å². The molecule has 0 radical (unpaired) electrons. The summed E-state index contributed by atoms with van der Waals surface area (Å²) < 4.78 is 24.5. The number of ether oxygens (including phenoxy) is 2. The van der Waals surface area contributed by atoms with Crippen LogP contribution in [0, 0.1) is 5.82 Å². The van der Waals surface area contributed by atoms with Gasteiger partial charge in [-0.15, -0.1) is 24.0 Å². The predicted molar refractivity (Wildman–Crippen MR) is 120 cm³/mol. The Hall–Kier alpha value is -0.970. The monoisotopic (exact) mass is 509 g/mol. The van der Waals surface area contributed by atoms with E-state index in [1.54, 1.807) is 19.2 Å². The summed E-state index contributed by atoms with van der Waals surface area (Å²) in [7, 11) is 1.70. The van der Waals surface area contributed by atoms with Gasteiger partial charge in [-0.2, -0.15) is 0 Å². The predicted octanol–water partition coefficient (Wildman–Crippen LogP) is 2.92. The fraction of sp³-hybridized carbons (Fsp3) is 0.650. The maximum Gasteiger partial charge on any atom is 0.194 e. The van der Waals surface area contributed by atoms with Crippen LogP contribution >= 0.6 is 24.0 Å². The van der Waals surface area contributed by atoms with Gasteiger partial charge in [-0.05, 0) is 43.9 Å². The van der Waals surface area contributed by atoms with Crippen molar-refractivity contribution in [3.05, 3.63) is 35.1 Å². The van der Waals surface area contributed by atoms with Crippen LogP contribution in [-0.4, -0.2) is 62.0 Å². The van der Waals surface area contributed by atoms with E-state index >= 15 is 0 Å². The molecule has 1 aromatic rings. The summed E-state index contributed by atoms with van der Waals surface area (Å²) in [6.45, 7) is 6.24. The van der Waals surface area contributed by atoms with Crippen LogP contribution in [0.2, 0.25) is 0 Å². The first kappa shape index (κ1) is 25.1. The number of nitrogens with one attached hydrogen (secondary N) is 1. The summed E-state index contributed by atoms with van der Waals surface area (Å²) in [6, 6.07) is 4.76. The topological polar surface area (TPSA) is 66.3 Å². The number of methoxy groups -OCH3 is 1. The lowest BCUT2D eigenvalue weighted by atomic mass is 10.1. The average Bonchev–Trinajstić information content (AvgIpc) is 2.70. The van der Waals surface area contributed by atoms with Gasteiger partial charge < -0.3 is 24.8 Å². The highest BCUT2D eigenvalue weighted by molar-refractivity contribution is 14.0. The minimum Gasteiger partial charge on any atom is -0.392 e. The van der Waals surface area contributed by atoms with Crippen molar-refractivity contribution < 1.29 is 19.0 Å². The molecule has 0 unspecified atom stereocenters. The van der Waals surface area contributed by atoms with Crippen LogP contribution in [0.5, 0.6) is 0 Å². The normalized spacial score (nSPS) is 15.4. The Bertz CT molecular complexity index is 596. The first-order chi connectivity index (χ1) is 13.2. The number of rotatable bonds is 9. The number of piperidine rings is 1. The highest BCUT2D eigenvalue weighted by Gasteiger charge is 2.21. The molecule has 1 fully saturated rings. The van der Waals surface area contributed by atoms with E-state index in [0.717, 1.165) is 63.6 Å². The van der Waals surface area contributed by atoms with Crippen LogP contribution in [0.1, 0.15) is 37.3 Å². The second kappa shape index (κ2) is 14.1. The Labute approximate surface area is 184 Å². The van der Waals surface area contributed by atoms with Crippen molar-refractivity contribution in [2.45, 2.75) is 45.4 Å². The van der Waals surface area contributed by atoms with Crippen molar-refractivity contribution in [3.8, 4) is 0 Å². The van der Waals surface area contributed by atoms with E-state index in [2.05, 4.69) is 10.2 Å². The van der Waals surface area contributed by atoms with Gasteiger partial charge in [-0.3, -0.25) is 0 Å². The van der Waals surface area contributed by atoms with Gasteiger partial charge in [0.05, 0.1) is 19.3 Å². The van der Waals surface area contributed by atoms with Crippen LogP contribution in [0.4, 0.5) is 4.39 Å². The van der Waals surface area contributed by atoms with E-state index in [4.69, 9.17) is 14.5 Å². The first-order valence-corrected chi connectivity index (χ1v) is 9.69. The third-order valence-electron chi connectivity index (χ3n) is 4.61. The number of aliphatic hydroxyl groups excluding tert-OH is 1. The molecule has 28 heavy (non-hydrogen) atoms. The van der Waals surface area contributed by atoms with E-state index in [1.807, 2.05) is 6.92 Å². The summed E-state index contributed by atoms with van der Waals surface area (Å²) in [4.78, 5) is 6.94. The number of nitrogens with zero attached hydrogens (tertiary/aromatic N) is 2. The third-order valence-corrected chi connectivity index (χ3v) is 4.61. The van der Waals surface area contributed by atoms with Crippen LogP contribution < -0.4 is 5.32 Å². The maximum absolute atomic E-state index is 13.5. The molecule has 2 N–H and O–H groups in total. The van der Waals surface area contributed by atoms with E-state index in [0.29, 0.717) is 18.2 Å². The van der Waals surface area contributed by atoms with Crippen molar-refractivity contribution in [2.24, 2.45) is 4.99 Å². The average molecular weight is 509 g/mol. The van der Waals surface area contributed by atoms with Crippen molar-refractivity contribution in [3.63, 3.8) is 0 Å². The van der Waals surface area contributed by atoms with Crippen molar-refractivity contribution >= 4 is 29.9 Å². The fourth-order valence-electron chi connectivity index (χ4n) is 3.13. The lowest BCUT2D eigenvalue weighted by Gasteiger charge is -2.34. The number of aliphatic imine (C=N–C) groups is 1. The molecule has 1 saturated heterocycles. The van der Waals surface area contributed by atoms with Crippen molar-refractivity contribution in [1.29, 1.82) is 0 Å². The lowest BCUT2D eigenvalue weighted by Crippen LogP contribution is -2.47. The smallest absolute Gasteiger partial charge is 0.194 e. The summed E-state index contributed by atoms with van der Waals surface area (Å²) >= 11 is 0. The van der Waals surface area contributed by atoms with Gasteiger partial charge in [0.2, 0.25) is 0 Å². The van der Waals surface area contributed by atoms with E-state index in [9.17, 15) is 9.50 Å². The zero-order valence-corrected chi connectivity index (χ0v) is 19.2. The number of guanidine groups is 1. The Balaban J connectivity index is 0.00000392. The number of hydrogen-bond acceptors (Lipinski definition) is 4. The number of halogens is 2. The van der Waals surface area contributed by atoms with Crippen molar-refractivity contribution in [2.75, 3.05) is 40.0 Å². The second-order valence-corrected chi connectivity index (χ2v) is 6.66. The number of likely N-dealkylation sites (tertiary alicyclic amines) is 1. The first-order valence-electron chi connectivity index (χ1n) is 9.69. The molecule has 6 nitrogen and oxygen atoms in total. The molecule has 1 aliphatic heterocycles. The molecule has 0 spiro atoms. The van der Waals surface area contributed by atoms with Gasteiger partial charge in [0.1, 0.15) is 5.82 Å². The third kappa shape index (κ3) is 8.18. The molecule has 0 atom stereocenters. The molecular formula is C20H33FIN3O3. The zero-order chi connectivity index (χ0) is 19.5. The molecule has 0 saturated carbocycles. The van der Waals surface area contributed by atoms with E-state index in [-0.39, 0.29) is 36.4 Å². The standard InChI is InChI=1S/C20H32FN3O3.HI/c1-3-22-20(23-14-16-5-6-19(21)17(13-16)15-25)24-9-7-18(8-10-24)27-12-4-11-26-2;/h5-6,13,18,25H,3-4,7-12,14-15H2,1-2H3,(H,22,23);1H. The largest absolute Gasteiger partial charge is 0.392 e. The summed E-state index contributed by atoms with van der Waals surface area (Å²) in [5.41, 5.74) is 1.19. The van der Waals surface area contributed by atoms with Crippen LogP contribution in [-0.2, 0) is 22.6 Å². The fourth-order valence-corrected chi connectivity index (χ4v) is 3.13. The summed E-state index contributed by atoms with van der Waals surface area (Å²) in [6.07, 6.45) is 3.17. The van der Waals surface area contributed by atoms with Gasteiger partial charge >= 0.3 is 0 Å². The van der Waals surface area contributed by atoms with Crippen LogP contribution in [0.25, 0.3) is 0 Å². The molecule has 1 heterocycles. The van der Waals surface area contributed by atoms with E-state index in [1.165, 1.54) is 6.07 Å². The SMILES string of the molecule is CCNC(=NCc1ccc(F)c(CO)c1)N1CCC(OCCCOC)CC1.I. The Morgan fingerprint density at radius 1 is 1.32 bits per heavy atom. The molecule has 0 aliphatic carbocycles. The lowest BCUT2D eigenvalue weighted by molar-refractivity contribution is 0.00990. The van der Waals surface area contributed by atoms with Crippen LogP contribution in [0.3, 0.4) is 0 Å². The molecule has 1 aliphatic rings. The molecule has 1 aromatic carbocycles. The molecular weight excluding hydrogens is 476 g/mol. The van der Waals surface area contributed by atoms with Gasteiger partial charge in [-0.1, -0.05) is 6.07 Å². The molecule has 160 valence electrons. The number of benzene rings is 1. The molecule has 0 aromatic heterocycles. The van der Waals surface area contributed by atoms with Crippen LogP contribution in [0.15, 0.2) is 23.2 Å². The van der Waals surface area contributed by atoms with Crippen molar-refractivity contribution in [1.82, 2.24) is 10.2 Å². The zero-order valence-electron chi connectivity index (χ0n) is 16.8. The highest BCUT2D eigenvalue weighted by atomic mass is 127.